The van der Waals surface area contributed by atoms with Crippen LogP contribution in [0.1, 0.15) is 25.0 Å². The SMILES string of the molecule is CSC(=S)NN=C(C)c1ccccc1.CSC(=S)NN=C(C)c1ccccc1.[Pt]. The molecule has 0 aliphatic carbocycles. The summed E-state index contributed by atoms with van der Waals surface area (Å²) in [5.74, 6) is 0. The molecule has 0 spiro atoms. The molecule has 0 aliphatic rings. The molecule has 2 aromatic rings. The number of hydrogen-bond acceptors (Lipinski definition) is 6. The molecule has 9 heteroatoms. The zero-order valence-corrected chi connectivity index (χ0v) is 22.2. The molecule has 0 aliphatic heterocycles. The van der Waals surface area contributed by atoms with Crippen molar-refractivity contribution in [1.29, 1.82) is 0 Å². The Morgan fingerprint density at radius 1 is 0.690 bits per heavy atom. The monoisotopic (exact) mass is 643 g/mol. The van der Waals surface area contributed by atoms with Crippen LogP contribution in [0.25, 0.3) is 0 Å². The Morgan fingerprint density at radius 3 is 1.28 bits per heavy atom. The van der Waals surface area contributed by atoms with Crippen molar-refractivity contribution in [3.05, 3.63) is 71.8 Å². The van der Waals surface area contributed by atoms with Crippen LogP contribution in [0.4, 0.5) is 0 Å². The molecule has 0 heterocycles. The molecule has 0 aromatic heterocycles. The van der Waals surface area contributed by atoms with E-state index in [-0.39, 0.29) is 21.1 Å². The first-order chi connectivity index (χ1) is 13.5. The topological polar surface area (TPSA) is 48.8 Å². The summed E-state index contributed by atoms with van der Waals surface area (Å²) < 4.78 is 1.36. The van der Waals surface area contributed by atoms with E-state index >= 15 is 0 Å². The Labute approximate surface area is 207 Å². The van der Waals surface area contributed by atoms with E-state index in [2.05, 4.69) is 21.1 Å². The molecule has 2 N–H and O–H groups in total. The molecule has 158 valence electrons. The minimum Gasteiger partial charge on any atom is -0.262 e. The van der Waals surface area contributed by atoms with Crippen LogP contribution in [0.5, 0.6) is 0 Å². The summed E-state index contributed by atoms with van der Waals surface area (Å²) in [4.78, 5) is 0. The minimum absolute atomic E-state index is 0. The molecule has 0 amide bonds. The summed E-state index contributed by atoms with van der Waals surface area (Å²) >= 11 is 12.9. The molecule has 0 unspecified atom stereocenters. The second kappa shape index (κ2) is 16.7. The van der Waals surface area contributed by atoms with Crippen LogP contribution in [-0.4, -0.2) is 32.6 Å². The van der Waals surface area contributed by atoms with E-state index in [0.717, 1.165) is 22.6 Å². The molecule has 29 heavy (non-hydrogen) atoms. The van der Waals surface area contributed by atoms with Crippen LogP contribution >= 0.6 is 48.0 Å². The number of thiocarbonyl (C=S) groups is 2. The second-order valence-corrected chi connectivity index (χ2v) is 8.30. The van der Waals surface area contributed by atoms with Gasteiger partial charge in [0.05, 0.1) is 11.4 Å². The molecule has 4 nitrogen and oxygen atoms in total. The van der Waals surface area contributed by atoms with Crippen LogP contribution in [-0.2, 0) is 21.1 Å². The van der Waals surface area contributed by atoms with Crippen LogP contribution < -0.4 is 10.9 Å². The van der Waals surface area contributed by atoms with E-state index in [9.17, 15) is 0 Å². The summed E-state index contributed by atoms with van der Waals surface area (Å²) in [6.45, 7) is 3.90. The van der Waals surface area contributed by atoms with Gasteiger partial charge in [0.25, 0.3) is 0 Å². The Morgan fingerprint density at radius 2 is 1.00 bits per heavy atom. The van der Waals surface area contributed by atoms with Gasteiger partial charge in [0, 0.05) is 21.1 Å². The first-order valence-electron chi connectivity index (χ1n) is 8.35. The van der Waals surface area contributed by atoms with Crippen LogP contribution in [0.15, 0.2) is 70.9 Å². The first-order valence-corrected chi connectivity index (χ1v) is 11.6. The predicted octanol–water partition coefficient (Wildman–Crippen LogP) is 5.29. The van der Waals surface area contributed by atoms with Gasteiger partial charge in [0.15, 0.2) is 8.64 Å². The molecule has 2 rings (SSSR count). The maximum atomic E-state index is 4.97. The van der Waals surface area contributed by atoms with Gasteiger partial charge in [-0.15, -0.1) is 0 Å². The maximum absolute atomic E-state index is 4.97. The maximum Gasteiger partial charge on any atom is 0.153 e. The van der Waals surface area contributed by atoms with Crippen molar-refractivity contribution in [2.75, 3.05) is 12.5 Å². The van der Waals surface area contributed by atoms with Crippen molar-refractivity contribution in [2.24, 2.45) is 10.2 Å². The van der Waals surface area contributed by atoms with Crippen molar-refractivity contribution in [1.82, 2.24) is 10.9 Å². The van der Waals surface area contributed by atoms with Crippen molar-refractivity contribution < 1.29 is 21.1 Å². The molecular weight excluding hydrogens is 620 g/mol. The van der Waals surface area contributed by atoms with Gasteiger partial charge in [-0.05, 0) is 37.5 Å². The second-order valence-electron chi connectivity index (χ2n) is 5.33. The summed E-state index contributed by atoms with van der Waals surface area (Å²) in [5, 5.41) is 8.34. The van der Waals surface area contributed by atoms with E-state index in [1.165, 1.54) is 23.5 Å². The average molecular weight is 644 g/mol. The molecule has 0 radical (unpaired) electrons. The van der Waals surface area contributed by atoms with Gasteiger partial charge in [0.2, 0.25) is 0 Å². The molecule has 0 bridgehead atoms. The van der Waals surface area contributed by atoms with Crippen LogP contribution in [0, 0.1) is 0 Å². The third-order valence-electron chi connectivity index (χ3n) is 3.38. The van der Waals surface area contributed by atoms with E-state index in [0.29, 0.717) is 8.64 Å². The Bertz CT molecular complexity index is 742. The number of benzene rings is 2. The molecule has 0 fully saturated rings. The van der Waals surface area contributed by atoms with E-state index in [1.807, 2.05) is 87.0 Å². The molecule has 2 aromatic carbocycles. The van der Waals surface area contributed by atoms with Gasteiger partial charge >= 0.3 is 0 Å². The zero-order valence-electron chi connectivity index (χ0n) is 16.6. The largest absolute Gasteiger partial charge is 0.262 e. The molecule has 0 atom stereocenters. The Hall–Kier alpha value is -1.05. The van der Waals surface area contributed by atoms with Crippen molar-refractivity contribution in [2.45, 2.75) is 13.8 Å². The van der Waals surface area contributed by atoms with E-state index in [4.69, 9.17) is 24.4 Å². The van der Waals surface area contributed by atoms with Crippen LogP contribution in [0.3, 0.4) is 0 Å². The number of nitrogens with zero attached hydrogens (tertiary/aromatic N) is 2. The van der Waals surface area contributed by atoms with E-state index in [1.54, 1.807) is 0 Å². The fourth-order valence-corrected chi connectivity index (χ4v) is 2.20. The van der Waals surface area contributed by atoms with E-state index < -0.39 is 0 Å². The Balaban J connectivity index is 0.000000523. The smallest absolute Gasteiger partial charge is 0.153 e. The molecule has 0 saturated carbocycles. The van der Waals surface area contributed by atoms with Gasteiger partial charge in [-0.1, -0.05) is 109 Å². The number of thioether (sulfide) groups is 2. The average Bonchev–Trinajstić information content (AvgIpc) is 2.76. The van der Waals surface area contributed by atoms with Gasteiger partial charge in [0.1, 0.15) is 0 Å². The van der Waals surface area contributed by atoms with Gasteiger partial charge < -0.3 is 0 Å². The normalized spacial score (nSPS) is 10.8. The minimum atomic E-state index is 0. The fourth-order valence-electron chi connectivity index (χ4n) is 1.84. The van der Waals surface area contributed by atoms with Crippen molar-refractivity contribution in [3.63, 3.8) is 0 Å². The summed E-state index contributed by atoms with van der Waals surface area (Å²) in [7, 11) is 0. The predicted molar refractivity (Wildman–Crippen MR) is 136 cm³/mol. The Kier molecular flexibility index (Phi) is 16.1. The summed E-state index contributed by atoms with van der Waals surface area (Å²) in [5.41, 5.74) is 9.69. The third-order valence-corrected chi connectivity index (χ3v) is 5.49. The van der Waals surface area contributed by atoms with Crippen LogP contribution in [0.2, 0.25) is 0 Å². The van der Waals surface area contributed by atoms with Gasteiger partial charge in [-0.3, -0.25) is 10.9 Å². The number of hydrogen-bond donors (Lipinski definition) is 2. The summed E-state index contributed by atoms with van der Waals surface area (Å²) in [6.07, 6.45) is 3.84. The fraction of sp³-hybridized carbons (Fsp3) is 0.200. The van der Waals surface area contributed by atoms with Gasteiger partial charge in [-0.25, -0.2) is 0 Å². The summed E-state index contributed by atoms with van der Waals surface area (Å²) in [6, 6.07) is 20.0. The van der Waals surface area contributed by atoms with Crippen molar-refractivity contribution in [3.8, 4) is 0 Å². The number of hydrazone groups is 2. The first kappa shape index (κ1) is 27.9. The standard InChI is InChI=1S/2C10H12N2S2.Pt/c2*1-8(11-12-10(13)14-2)9-6-4-3-5-7-9;/h2*3-7H,1-2H3,(H,12,13);. The quantitative estimate of drug-likeness (QED) is 0.268. The zero-order chi connectivity index (χ0) is 20.8. The number of rotatable bonds is 4. The number of nitrogens with one attached hydrogen (secondary N) is 2. The van der Waals surface area contributed by atoms with Crippen molar-refractivity contribution >= 4 is 68.0 Å². The van der Waals surface area contributed by atoms with Gasteiger partial charge in [-0.2, -0.15) is 10.2 Å². The molecular formula is C20H24N4PtS4. The molecule has 0 saturated heterocycles. The third kappa shape index (κ3) is 12.3.